The average Bonchev–Trinajstić information content (AvgIpc) is 2.77. The molecule has 0 aliphatic carbocycles. The maximum atomic E-state index is 6.12. The summed E-state index contributed by atoms with van der Waals surface area (Å²) in [5.41, 5.74) is 7.15. The molecule has 0 spiro atoms. The molecule has 4 nitrogen and oxygen atoms in total. The van der Waals surface area contributed by atoms with E-state index in [0.717, 1.165) is 17.8 Å². The number of nitrogens with two attached hydrogens (primary N) is 1. The first-order valence-electron chi connectivity index (χ1n) is 5.88. The van der Waals surface area contributed by atoms with Crippen LogP contribution in [-0.4, -0.2) is 15.2 Å². The summed E-state index contributed by atoms with van der Waals surface area (Å²) in [7, 11) is 0. The number of rotatable bonds is 4. The van der Waals surface area contributed by atoms with Crippen LogP contribution < -0.4 is 5.73 Å². The van der Waals surface area contributed by atoms with Gasteiger partial charge in [-0.25, -0.2) is 4.98 Å². The van der Waals surface area contributed by atoms with Gasteiger partial charge in [-0.3, -0.25) is 5.10 Å². The van der Waals surface area contributed by atoms with Crippen molar-refractivity contribution in [2.24, 2.45) is 11.7 Å². The second-order valence-electron chi connectivity index (χ2n) is 4.63. The van der Waals surface area contributed by atoms with Gasteiger partial charge in [0.15, 0.2) is 5.82 Å². The fourth-order valence-corrected chi connectivity index (χ4v) is 1.74. The lowest BCUT2D eigenvalue weighted by atomic mass is 10.1. The zero-order valence-electron chi connectivity index (χ0n) is 10.2. The minimum Gasteiger partial charge on any atom is -0.318 e. The first kappa shape index (κ1) is 11.8. The van der Waals surface area contributed by atoms with E-state index in [1.165, 1.54) is 0 Å². The monoisotopic (exact) mass is 230 g/mol. The number of benzene rings is 1. The molecule has 1 aromatic heterocycles. The highest BCUT2D eigenvalue weighted by atomic mass is 15.2. The Kier molecular flexibility index (Phi) is 3.54. The largest absolute Gasteiger partial charge is 0.318 e. The van der Waals surface area contributed by atoms with E-state index in [9.17, 15) is 0 Å². The summed E-state index contributed by atoms with van der Waals surface area (Å²) in [6.45, 7) is 4.30. The van der Waals surface area contributed by atoms with Crippen LogP contribution in [0.3, 0.4) is 0 Å². The topological polar surface area (TPSA) is 67.6 Å². The van der Waals surface area contributed by atoms with Gasteiger partial charge in [0.1, 0.15) is 5.82 Å². The SMILES string of the molecule is CC(C)Cc1nc([C@H](N)c2ccccc2)n[nH]1. The number of nitrogens with zero attached hydrogens (tertiary/aromatic N) is 2. The van der Waals surface area contributed by atoms with Gasteiger partial charge in [0.05, 0.1) is 6.04 Å². The third-order valence-electron chi connectivity index (χ3n) is 2.59. The van der Waals surface area contributed by atoms with Gasteiger partial charge in [0.25, 0.3) is 0 Å². The highest BCUT2D eigenvalue weighted by molar-refractivity contribution is 5.23. The minimum absolute atomic E-state index is 0.256. The first-order chi connectivity index (χ1) is 8.16. The molecule has 0 unspecified atom stereocenters. The van der Waals surface area contributed by atoms with Gasteiger partial charge >= 0.3 is 0 Å². The van der Waals surface area contributed by atoms with Gasteiger partial charge in [-0.2, -0.15) is 5.10 Å². The van der Waals surface area contributed by atoms with Crippen molar-refractivity contribution in [3.05, 3.63) is 47.5 Å². The molecule has 90 valence electrons. The summed E-state index contributed by atoms with van der Waals surface area (Å²) >= 11 is 0. The number of hydrogen-bond donors (Lipinski definition) is 2. The molecular weight excluding hydrogens is 212 g/mol. The lowest BCUT2D eigenvalue weighted by molar-refractivity contribution is 0.622. The summed E-state index contributed by atoms with van der Waals surface area (Å²) in [5.74, 6) is 2.12. The zero-order valence-corrected chi connectivity index (χ0v) is 10.2. The fraction of sp³-hybridized carbons (Fsp3) is 0.385. The first-order valence-corrected chi connectivity index (χ1v) is 5.88. The van der Waals surface area contributed by atoms with Crippen LogP contribution in [0.2, 0.25) is 0 Å². The van der Waals surface area contributed by atoms with Crippen LogP contribution in [0.4, 0.5) is 0 Å². The number of aromatic amines is 1. The number of nitrogens with one attached hydrogen (secondary N) is 1. The average molecular weight is 230 g/mol. The Hall–Kier alpha value is -1.68. The highest BCUT2D eigenvalue weighted by Crippen LogP contribution is 2.16. The van der Waals surface area contributed by atoms with Crippen molar-refractivity contribution >= 4 is 0 Å². The van der Waals surface area contributed by atoms with Crippen molar-refractivity contribution in [1.29, 1.82) is 0 Å². The Bertz CT molecular complexity index is 461. The van der Waals surface area contributed by atoms with Gasteiger partial charge in [-0.05, 0) is 11.5 Å². The second kappa shape index (κ2) is 5.10. The third kappa shape index (κ3) is 2.91. The standard InChI is InChI=1S/C13H18N4/c1-9(2)8-11-15-13(17-16-11)12(14)10-6-4-3-5-7-10/h3-7,9,12H,8,14H2,1-2H3,(H,15,16,17)/t12-/m1/s1. The summed E-state index contributed by atoms with van der Waals surface area (Å²) in [4.78, 5) is 4.44. The fourth-order valence-electron chi connectivity index (χ4n) is 1.74. The maximum Gasteiger partial charge on any atom is 0.171 e. The van der Waals surface area contributed by atoms with Gasteiger partial charge in [0.2, 0.25) is 0 Å². The normalized spacial score (nSPS) is 12.9. The quantitative estimate of drug-likeness (QED) is 0.844. The van der Waals surface area contributed by atoms with E-state index in [1.807, 2.05) is 30.3 Å². The van der Waals surface area contributed by atoms with Crippen LogP contribution in [0.15, 0.2) is 30.3 Å². The van der Waals surface area contributed by atoms with Crippen molar-refractivity contribution in [2.75, 3.05) is 0 Å². The molecule has 2 aromatic rings. The zero-order chi connectivity index (χ0) is 12.3. The Morgan fingerprint density at radius 3 is 2.59 bits per heavy atom. The summed E-state index contributed by atoms with van der Waals surface area (Å²) in [6.07, 6.45) is 0.897. The van der Waals surface area contributed by atoms with E-state index in [4.69, 9.17) is 5.73 Å². The maximum absolute atomic E-state index is 6.12. The van der Waals surface area contributed by atoms with E-state index < -0.39 is 0 Å². The third-order valence-corrected chi connectivity index (χ3v) is 2.59. The van der Waals surface area contributed by atoms with Crippen LogP contribution in [-0.2, 0) is 6.42 Å². The molecular formula is C13H18N4. The van der Waals surface area contributed by atoms with Gasteiger partial charge < -0.3 is 5.73 Å². The molecule has 0 aliphatic rings. The molecule has 2 rings (SSSR count). The molecule has 0 bridgehead atoms. The predicted molar refractivity (Wildman–Crippen MR) is 67.4 cm³/mol. The molecule has 0 fully saturated rings. The second-order valence-corrected chi connectivity index (χ2v) is 4.63. The Morgan fingerprint density at radius 1 is 1.24 bits per heavy atom. The lowest BCUT2D eigenvalue weighted by Crippen LogP contribution is -2.13. The van der Waals surface area contributed by atoms with Crippen molar-refractivity contribution in [3.63, 3.8) is 0 Å². The molecule has 0 amide bonds. The van der Waals surface area contributed by atoms with E-state index in [1.54, 1.807) is 0 Å². The number of hydrogen-bond acceptors (Lipinski definition) is 3. The highest BCUT2D eigenvalue weighted by Gasteiger charge is 2.14. The van der Waals surface area contributed by atoms with Crippen LogP contribution in [0.25, 0.3) is 0 Å². The van der Waals surface area contributed by atoms with Gasteiger partial charge in [-0.15, -0.1) is 0 Å². The number of H-pyrrole nitrogens is 1. The smallest absolute Gasteiger partial charge is 0.171 e. The number of aromatic nitrogens is 3. The van der Waals surface area contributed by atoms with Crippen LogP contribution >= 0.6 is 0 Å². The molecule has 17 heavy (non-hydrogen) atoms. The molecule has 0 aliphatic heterocycles. The van der Waals surface area contributed by atoms with Crippen molar-refractivity contribution in [1.82, 2.24) is 15.2 Å². The molecule has 3 N–H and O–H groups in total. The van der Waals surface area contributed by atoms with E-state index in [-0.39, 0.29) is 6.04 Å². The van der Waals surface area contributed by atoms with Crippen LogP contribution in [0.1, 0.15) is 37.1 Å². The molecule has 1 atom stereocenters. The minimum atomic E-state index is -0.256. The van der Waals surface area contributed by atoms with Crippen molar-refractivity contribution in [3.8, 4) is 0 Å². The van der Waals surface area contributed by atoms with E-state index in [0.29, 0.717) is 11.7 Å². The van der Waals surface area contributed by atoms with Gasteiger partial charge in [0, 0.05) is 6.42 Å². The van der Waals surface area contributed by atoms with Crippen molar-refractivity contribution in [2.45, 2.75) is 26.3 Å². The molecule has 1 heterocycles. The van der Waals surface area contributed by atoms with Gasteiger partial charge in [-0.1, -0.05) is 44.2 Å². The Labute approximate surface area is 101 Å². The van der Waals surface area contributed by atoms with Crippen LogP contribution in [0, 0.1) is 5.92 Å². The van der Waals surface area contributed by atoms with Crippen LogP contribution in [0.5, 0.6) is 0 Å². The molecule has 0 saturated heterocycles. The molecule has 4 heteroatoms. The van der Waals surface area contributed by atoms with E-state index in [2.05, 4.69) is 29.0 Å². The predicted octanol–water partition coefficient (Wildman–Crippen LogP) is 2.05. The Balaban J connectivity index is 2.15. The molecule has 0 radical (unpaired) electrons. The Morgan fingerprint density at radius 2 is 1.94 bits per heavy atom. The summed E-state index contributed by atoms with van der Waals surface area (Å²) in [6, 6.07) is 9.63. The molecule has 1 aromatic carbocycles. The summed E-state index contributed by atoms with van der Waals surface area (Å²) in [5, 5.41) is 7.13. The molecule has 0 saturated carbocycles. The lowest BCUT2D eigenvalue weighted by Gasteiger charge is -2.06. The van der Waals surface area contributed by atoms with Crippen molar-refractivity contribution < 1.29 is 0 Å². The summed E-state index contributed by atoms with van der Waals surface area (Å²) < 4.78 is 0. The van der Waals surface area contributed by atoms with E-state index >= 15 is 0 Å².